The summed E-state index contributed by atoms with van der Waals surface area (Å²) in [7, 11) is 0. The summed E-state index contributed by atoms with van der Waals surface area (Å²) in [6.45, 7) is 8.95. The van der Waals surface area contributed by atoms with Gasteiger partial charge in [-0.3, -0.25) is 4.90 Å². The molecule has 1 aromatic rings. The average Bonchev–Trinajstić information content (AvgIpc) is 2.46. The molecule has 0 bridgehead atoms. The van der Waals surface area contributed by atoms with Gasteiger partial charge in [0, 0.05) is 37.9 Å². The van der Waals surface area contributed by atoms with Crippen molar-refractivity contribution < 1.29 is 0 Å². The Morgan fingerprint density at radius 2 is 2.19 bits per heavy atom. The molecule has 0 saturated carbocycles. The highest BCUT2D eigenvalue weighted by molar-refractivity contribution is 5.48. The lowest BCUT2D eigenvalue weighted by atomic mass is 9.99. The van der Waals surface area contributed by atoms with Crippen LogP contribution in [0.1, 0.15) is 37.3 Å². The Morgan fingerprint density at radius 3 is 2.95 bits per heavy atom. The Kier molecular flexibility index (Phi) is 4.45. The van der Waals surface area contributed by atoms with Crippen molar-refractivity contribution in [1.29, 1.82) is 0 Å². The number of aromatic nitrogens is 1. The second-order valence-corrected chi connectivity index (χ2v) is 6.80. The van der Waals surface area contributed by atoms with E-state index >= 15 is 0 Å². The first kappa shape index (κ1) is 14.8. The van der Waals surface area contributed by atoms with Crippen LogP contribution >= 0.6 is 0 Å². The minimum Gasteiger partial charge on any atom is -0.354 e. The quantitative estimate of drug-likeness (QED) is 0.923. The predicted molar refractivity (Wildman–Crippen MR) is 87.8 cm³/mol. The first-order valence-corrected chi connectivity index (χ1v) is 8.33. The van der Waals surface area contributed by atoms with Gasteiger partial charge >= 0.3 is 0 Å². The van der Waals surface area contributed by atoms with Crippen molar-refractivity contribution in [3.8, 4) is 0 Å². The summed E-state index contributed by atoms with van der Waals surface area (Å²) < 4.78 is 0. The summed E-state index contributed by atoms with van der Waals surface area (Å²) in [5.74, 6) is 1.17. The molecule has 0 radical (unpaired) electrons. The van der Waals surface area contributed by atoms with Gasteiger partial charge in [-0.2, -0.15) is 0 Å². The zero-order chi connectivity index (χ0) is 14.8. The normalized spacial score (nSPS) is 24.7. The van der Waals surface area contributed by atoms with Gasteiger partial charge < -0.3 is 10.6 Å². The number of fused-ring (bicyclic) bond motifs is 1. The highest BCUT2D eigenvalue weighted by Crippen LogP contribution is 2.26. The van der Waals surface area contributed by atoms with Crippen LogP contribution in [0.5, 0.6) is 0 Å². The largest absolute Gasteiger partial charge is 0.354 e. The lowest BCUT2D eigenvalue weighted by Crippen LogP contribution is -2.55. The van der Waals surface area contributed by atoms with Crippen LogP contribution in [0.25, 0.3) is 0 Å². The van der Waals surface area contributed by atoms with Crippen molar-refractivity contribution >= 4 is 5.82 Å². The smallest absolute Gasteiger partial charge is 0.131 e. The standard InChI is InChI=1S/C17H28N4/c1-13-9-15(10-14(2)18)11-19-17(13)21-8-7-20-6-4-3-5-16(20)12-21/h9,11,14,16H,3-8,10,12,18H2,1-2H3. The van der Waals surface area contributed by atoms with E-state index < -0.39 is 0 Å². The van der Waals surface area contributed by atoms with Gasteiger partial charge in [0.2, 0.25) is 0 Å². The minimum atomic E-state index is 0.197. The molecule has 2 saturated heterocycles. The van der Waals surface area contributed by atoms with Gasteiger partial charge in [0.25, 0.3) is 0 Å². The van der Waals surface area contributed by atoms with Crippen molar-refractivity contribution in [2.75, 3.05) is 31.1 Å². The van der Waals surface area contributed by atoms with Gasteiger partial charge in [-0.25, -0.2) is 4.98 Å². The number of aryl methyl sites for hydroxylation is 1. The van der Waals surface area contributed by atoms with Crippen LogP contribution in [-0.4, -0.2) is 48.1 Å². The maximum atomic E-state index is 5.88. The molecule has 3 rings (SSSR count). The van der Waals surface area contributed by atoms with Crippen molar-refractivity contribution in [2.45, 2.75) is 51.6 Å². The molecule has 2 fully saturated rings. The molecule has 4 heteroatoms. The topological polar surface area (TPSA) is 45.4 Å². The molecule has 2 N–H and O–H groups in total. The maximum absolute atomic E-state index is 5.88. The molecule has 1 aromatic heterocycles. The van der Waals surface area contributed by atoms with E-state index in [0.717, 1.165) is 25.6 Å². The number of piperazine rings is 1. The van der Waals surface area contributed by atoms with E-state index in [1.54, 1.807) is 0 Å². The summed E-state index contributed by atoms with van der Waals surface area (Å²) >= 11 is 0. The fraction of sp³-hybridized carbons (Fsp3) is 0.706. The zero-order valence-electron chi connectivity index (χ0n) is 13.4. The van der Waals surface area contributed by atoms with Gasteiger partial charge in [0.05, 0.1) is 0 Å². The molecule has 2 aliphatic heterocycles. The van der Waals surface area contributed by atoms with E-state index in [2.05, 4.69) is 22.8 Å². The van der Waals surface area contributed by atoms with Crippen molar-refractivity contribution in [3.63, 3.8) is 0 Å². The Labute approximate surface area is 128 Å². The first-order valence-electron chi connectivity index (χ1n) is 8.33. The molecule has 4 nitrogen and oxygen atoms in total. The van der Waals surface area contributed by atoms with Gasteiger partial charge in [0.15, 0.2) is 0 Å². The monoisotopic (exact) mass is 288 g/mol. The van der Waals surface area contributed by atoms with E-state index in [1.807, 2.05) is 13.1 Å². The fourth-order valence-corrected chi connectivity index (χ4v) is 3.79. The molecule has 3 heterocycles. The Hall–Kier alpha value is -1.13. The molecular formula is C17H28N4. The zero-order valence-corrected chi connectivity index (χ0v) is 13.4. The van der Waals surface area contributed by atoms with Gasteiger partial charge in [-0.1, -0.05) is 12.5 Å². The van der Waals surface area contributed by atoms with Crippen LogP contribution in [0, 0.1) is 6.92 Å². The SMILES string of the molecule is Cc1cc(CC(C)N)cnc1N1CCN2CCCCC2C1. The highest BCUT2D eigenvalue weighted by atomic mass is 15.3. The summed E-state index contributed by atoms with van der Waals surface area (Å²) in [6.07, 6.45) is 7.02. The third kappa shape index (κ3) is 3.38. The molecule has 2 atom stereocenters. The Bertz CT molecular complexity index is 486. The molecule has 2 unspecified atom stereocenters. The Morgan fingerprint density at radius 1 is 1.33 bits per heavy atom. The van der Waals surface area contributed by atoms with Gasteiger partial charge in [0.1, 0.15) is 5.82 Å². The lowest BCUT2D eigenvalue weighted by molar-refractivity contribution is 0.133. The van der Waals surface area contributed by atoms with Gasteiger partial charge in [-0.15, -0.1) is 0 Å². The molecular weight excluding hydrogens is 260 g/mol. The van der Waals surface area contributed by atoms with E-state index in [1.165, 1.54) is 49.3 Å². The molecule has 0 spiro atoms. The molecule has 0 aromatic carbocycles. The minimum absolute atomic E-state index is 0.197. The maximum Gasteiger partial charge on any atom is 0.131 e. The van der Waals surface area contributed by atoms with Gasteiger partial charge in [-0.05, 0) is 50.8 Å². The lowest BCUT2D eigenvalue weighted by Gasteiger charge is -2.44. The summed E-state index contributed by atoms with van der Waals surface area (Å²) in [5.41, 5.74) is 8.43. The van der Waals surface area contributed by atoms with Crippen LogP contribution in [0.4, 0.5) is 5.82 Å². The number of hydrogen-bond donors (Lipinski definition) is 1. The fourth-order valence-electron chi connectivity index (χ4n) is 3.79. The molecule has 0 amide bonds. The van der Waals surface area contributed by atoms with E-state index in [-0.39, 0.29) is 6.04 Å². The third-order valence-electron chi connectivity index (χ3n) is 4.80. The number of nitrogens with zero attached hydrogens (tertiary/aromatic N) is 3. The van der Waals surface area contributed by atoms with Crippen LogP contribution in [0.3, 0.4) is 0 Å². The molecule has 21 heavy (non-hydrogen) atoms. The second-order valence-electron chi connectivity index (χ2n) is 6.80. The number of hydrogen-bond acceptors (Lipinski definition) is 4. The number of piperidine rings is 1. The van der Waals surface area contributed by atoms with Crippen molar-refractivity contribution in [3.05, 3.63) is 23.4 Å². The number of anilines is 1. The number of pyridine rings is 1. The average molecular weight is 288 g/mol. The summed E-state index contributed by atoms with van der Waals surface area (Å²) in [4.78, 5) is 9.89. The summed E-state index contributed by atoms with van der Waals surface area (Å²) in [6, 6.07) is 3.19. The van der Waals surface area contributed by atoms with E-state index in [4.69, 9.17) is 10.7 Å². The Balaban J connectivity index is 1.71. The highest BCUT2D eigenvalue weighted by Gasteiger charge is 2.29. The van der Waals surface area contributed by atoms with Crippen LogP contribution in [-0.2, 0) is 6.42 Å². The van der Waals surface area contributed by atoms with Crippen LogP contribution in [0.15, 0.2) is 12.3 Å². The molecule has 2 aliphatic rings. The second kappa shape index (κ2) is 6.32. The van der Waals surface area contributed by atoms with Crippen LogP contribution in [0.2, 0.25) is 0 Å². The number of rotatable bonds is 3. The predicted octanol–water partition coefficient (Wildman–Crippen LogP) is 1.95. The van der Waals surface area contributed by atoms with E-state index in [9.17, 15) is 0 Å². The van der Waals surface area contributed by atoms with Crippen molar-refractivity contribution in [2.24, 2.45) is 5.73 Å². The summed E-state index contributed by atoms with van der Waals surface area (Å²) in [5, 5.41) is 0. The van der Waals surface area contributed by atoms with E-state index in [0.29, 0.717) is 0 Å². The first-order chi connectivity index (χ1) is 10.1. The number of nitrogens with two attached hydrogens (primary N) is 1. The molecule has 116 valence electrons. The van der Waals surface area contributed by atoms with Crippen molar-refractivity contribution in [1.82, 2.24) is 9.88 Å². The third-order valence-corrected chi connectivity index (χ3v) is 4.80. The molecule has 0 aliphatic carbocycles. The van der Waals surface area contributed by atoms with Crippen LogP contribution < -0.4 is 10.6 Å².